The fourth-order valence-electron chi connectivity index (χ4n) is 1.81. The van der Waals surface area contributed by atoms with Crippen molar-refractivity contribution in [2.45, 2.75) is 32.2 Å². The summed E-state index contributed by atoms with van der Waals surface area (Å²) < 4.78 is 0. The van der Waals surface area contributed by atoms with Crippen molar-refractivity contribution in [2.75, 3.05) is 20.6 Å². The molecule has 0 amide bonds. The molecule has 0 aliphatic heterocycles. The Morgan fingerprint density at radius 2 is 1.81 bits per heavy atom. The number of rotatable bonds is 6. The predicted molar refractivity (Wildman–Crippen MR) is 70.5 cm³/mol. The van der Waals surface area contributed by atoms with Gasteiger partial charge in [0.05, 0.1) is 0 Å². The Labute approximate surface area is 99.5 Å². The molecular formula is C14H24N2. The molecule has 2 heteroatoms. The molecule has 1 aromatic carbocycles. The number of hydrogen-bond acceptors (Lipinski definition) is 2. The van der Waals surface area contributed by atoms with Gasteiger partial charge in [0.15, 0.2) is 0 Å². The second-order valence-corrected chi connectivity index (χ2v) is 4.71. The van der Waals surface area contributed by atoms with Crippen molar-refractivity contribution < 1.29 is 0 Å². The summed E-state index contributed by atoms with van der Waals surface area (Å²) in [5.41, 5.74) is 8.75. The molecule has 1 atom stereocenters. The van der Waals surface area contributed by atoms with Crippen molar-refractivity contribution in [1.29, 1.82) is 0 Å². The second kappa shape index (κ2) is 6.66. The van der Waals surface area contributed by atoms with Gasteiger partial charge in [-0.15, -0.1) is 0 Å². The Kier molecular flexibility index (Phi) is 5.50. The van der Waals surface area contributed by atoms with Crippen LogP contribution in [0.25, 0.3) is 0 Å². The average Bonchev–Trinajstić information content (AvgIpc) is 2.26. The van der Waals surface area contributed by atoms with Gasteiger partial charge in [-0.05, 0) is 38.1 Å². The third-order valence-electron chi connectivity index (χ3n) is 2.79. The summed E-state index contributed by atoms with van der Waals surface area (Å²) in [6.45, 7) is 3.12. The Balaban J connectivity index is 2.56. The highest BCUT2D eigenvalue weighted by atomic mass is 15.1. The zero-order valence-corrected chi connectivity index (χ0v) is 10.7. The van der Waals surface area contributed by atoms with Crippen LogP contribution in [0.1, 0.15) is 36.9 Å². The monoisotopic (exact) mass is 220 g/mol. The van der Waals surface area contributed by atoms with Gasteiger partial charge in [0.2, 0.25) is 0 Å². The first-order valence-corrected chi connectivity index (χ1v) is 6.12. The van der Waals surface area contributed by atoms with Crippen LogP contribution in [0.3, 0.4) is 0 Å². The quantitative estimate of drug-likeness (QED) is 0.798. The SMILES string of the molecule is CCCCc1ccc(C(N)CN(C)C)cc1. The summed E-state index contributed by atoms with van der Waals surface area (Å²) in [6.07, 6.45) is 3.70. The highest BCUT2D eigenvalue weighted by Gasteiger charge is 2.06. The number of benzene rings is 1. The van der Waals surface area contributed by atoms with Crippen LogP contribution in [0.4, 0.5) is 0 Å². The molecule has 2 N–H and O–H groups in total. The molecule has 90 valence electrons. The molecule has 0 bridgehead atoms. The predicted octanol–water partition coefficient (Wildman–Crippen LogP) is 2.59. The van der Waals surface area contributed by atoms with Gasteiger partial charge < -0.3 is 10.6 Å². The van der Waals surface area contributed by atoms with Crippen LogP contribution in [-0.2, 0) is 6.42 Å². The van der Waals surface area contributed by atoms with Crippen LogP contribution in [0.15, 0.2) is 24.3 Å². The lowest BCUT2D eigenvalue weighted by Crippen LogP contribution is -2.25. The van der Waals surface area contributed by atoms with Crippen LogP contribution >= 0.6 is 0 Å². The fourth-order valence-corrected chi connectivity index (χ4v) is 1.81. The molecule has 1 rings (SSSR count). The van der Waals surface area contributed by atoms with Crippen molar-refractivity contribution in [3.63, 3.8) is 0 Å². The van der Waals surface area contributed by atoms with E-state index in [4.69, 9.17) is 5.73 Å². The smallest absolute Gasteiger partial charge is 0.0424 e. The molecule has 0 fully saturated rings. The van der Waals surface area contributed by atoms with Crippen molar-refractivity contribution in [3.8, 4) is 0 Å². The second-order valence-electron chi connectivity index (χ2n) is 4.71. The van der Waals surface area contributed by atoms with Gasteiger partial charge in [-0.2, -0.15) is 0 Å². The van der Waals surface area contributed by atoms with Gasteiger partial charge in [-0.3, -0.25) is 0 Å². The van der Waals surface area contributed by atoms with E-state index in [1.165, 1.54) is 30.4 Å². The molecule has 2 nitrogen and oxygen atoms in total. The first kappa shape index (κ1) is 13.2. The van der Waals surface area contributed by atoms with E-state index in [1.54, 1.807) is 0 Å². The summed E-state index contributed by atoms with van der Waals surface area (Å²) in [7, 11) is 4.10. The number of nitrogens with two attached hydrogens (primary N) is 1. The van der Waals surface area contributed by atoms with Crippen molar-refractivity contribution in [2.24, 2.45) is 5.73 Å². The Morgan fingerprint density at radius 1 is 1.19 bits per heavy atom. The van der Waals surface area contributed by atoms with E-state index in [0.717, 1.165) is 6.54 Å². The van der Waals surface area contributed by atoms with Gasteiger partial charge in [-0.1, -0.05) is 37.6 Å². The van der Waals surface area contributed by atoms with Gasteiger partial charge in [0, 0.05) is 12.6 Å². The lowest BCUT2D eigenvalue weighted by Gasteiger charge is -2.17. The lowest BCUT2D eigenvalue weighted by atomic mass is 10.0. The van der Waals surface area contributed by atoms with E-state index in [9.17, 15) is 0 Å². The number of likely N-dealkylation sites (N-methyl/N-ethyl adjacent to an activating group) is 1. The first-order chi connectivity index (χ1) is 7.63. The molecule has 0 heterocycles. The molecule has 1 aromatic rings. The number of aryl methyl sites for hydroxylation is 1. The molecule has 0 aliphatic rings. The minimum atomic E-state index is 0.121. The van der Waals surface area contributed by atoms with E-state index in [0.29, 0.717) is 0 Å². The van der Waals surface area contributed by atoms with Gasteiger partial charge >= 0.3 is 0 Å². The van der Waals surface area contributed by atoms with Gasteiger partial charge in [-0.25, -0.2) is 0 Å². The maximum Gasteiger partial charge on any atom is 0.0424 e. The number of unbranched alkanes of at least 4 members (excludes halogenated alkanes) is 1. The van der Waals surface area contributed by atoms with Crippen molar-refractivity contribution in [1.82, 2.24) is 4.90 Å². The van der Waals surface area contributed by atoms with Crippen LogP contribution in [0.5, 0.6) is 0 Å². The largest absolute Gasteiger partial charge is 0.323 e. The van der Waals surface area contributed by atoms with Gasteiger partial charge in [0.1, 0.15) is 0 Å². The molecule has 0 spiro atoms. The van der Waals surface area contributed by atoms with Crippen molar-refractivity contribution >= 4 is 0 Å². The Bertz CT molecular complexity index is 290. The fraction of sp³-hybridized carbons (Fsp3) is 0.571. The van der Waals surface area contributed by atoms with Crippen LogP contribution in [-0.4, -0.2) is 25.5 Å². The molecule has 0 saturated carbocycles. The molecule has 0 aliphatic carbocycles. The van der Waals surface area contributed by atoms with E-state index in [2.05, 4.69) is 50.2 Å². The van der Waals surface area contributed by atoms with Crippen molar-refractivity contribution in [3.05, 3.63) is 35.4 Å². The Hall–Kier alpha value is -0.860. The summed E-state index contributed by atoms with van der Waals surface area (Å²) in [5, 5.41) is 0. The maximum atomic E-state index is 6.10. The molecular weight excluding hydrogens is 196 g/mol. The third kappa shape index (κ3) is 4.33. The first-order valence-electron chi connectivity index (χ1n) is 6.12. The minimum Gasteiger partial charge on any atom is -0.323 e. The topological polar surface area (TPSA) is 29.3 Å². The average molecular weight is 220 g/mol. The zero-order chi connectivity index (χ0) is 12.0. The van der Waals surface area contributed by atoms with E-state index >= 15 is 0 Å². The molecule has 0 saturated heterocycles. The van der Waals surface area contributed by atoms with Crippen LogP contribution in [0, 0.1) is 0 Å². The summed E-state index contributed by atoms with van der Waals surface area (Å²) >= 11 is 0. The summed E-state index contributed by atoms with van der Waals surface area (Å²) in [5.74, 6) is 0. The Morgan fingerprint density at radius 3 is 2.31 bits per heavy atom. The third-order valence-corrected chi connectivity index (χ3v) is 2.79. The number of hydrogen-bond donors (Lipinski definition) is 1. The molecule has 0 aromatic heterocycles. The highest BCUT2D eigenvalue weighted by Crippen LogP contribution is 2.13. The van der Waals surface area contributed by atoms with Gasteiger partial charge in [0.25, 0.3) is 0 Å². The number of nitrogens with zero attached hydrogens (tertiary/aromatic N) is 1. The zero-order valence-electron chi connectivity index (χ0n) is 10.7. The van der Waals surface area contributed by atoms with Crippen LogP contribution in [0.2, 0.25) is 0 Å². The maximum absolute atomic E-state index is 6.10. The molecule has 16 heavy (non-hydrogen) atoms. The van der Waals surface area contributed by atoms with Crippen LogP contribution < -0.4 is 5.73 Å². The highest BCUT2D eigenvalue weighted by molar-refractivity contribution is 5.25. The molecule has 1 unspecified atom stereocenters. The summed E-state index contributed by atoms with van der Waals surface area (Å²) in [6, 6.07) is 8.87. The van der Waals surface area contributed by atoms with E-state index in [-0.39, 0.29) is 6.04 Å². The minimum absolute atomic E-state index is 0.121. The summed E-state index contributed by atoms with van der Waals surface area (Å²) in [4.78, 5) is 2.12. The normalized spacial score (nSPS) is 13.1. The molecule has 0 radical (unpaired) electrons. The lowest BCUT2D eigenvalue weighted by molar-refractivity contribution is 0.376. The standard InChI is InChI=1S/C14H24N2/c1-4-5-6-12-7-9-13(10-8-12)14(15)11-16(2)3/h7-10,14H,4-6,11,15H2,1-3H3. The van der Waals surface area contributed by atoms with E-state index in [1.807, 2.05) is 0 Å². The van der Waals surface area contributed by atoms with E-state index < -0.39 is 0 Å².